The van der Waals surface area contributed by atoms with Crippen molar-refractivity contribution in [3.05, 3.63) is 65.1 Å². The van der Waals surface area contributed by atoms with Crippen molar-refractivity contribution in [2.24, 2.45) is 0 Å². The minimum absolute atomic E-state index is 0.0605. The number of carbonyl (C=O) groups is 2. The predicted octanol–water partition coefficient (Wildman–Crippen LogP) is 2.71. The molecular weight excluding hydrogens is 366 g/mol. The number of hydrogen-bond acceptors (Lipinski definition) is 6. The van der Waals surface area contributed by atoms with Crippen molar-refractivity contribution >= 4 is 34.4 Å². The number of rotatable bonds is 5. The molecule has 0 atom stereocenters. The maximum atomic E-state index is 12.3. The maximum Gasteiger partial charge on any atom is 0.339 e. The fourth-order valence-electron chi connectivity index (χ4n) is 2.54. The largest absolute Gasteiger partial charge is 0.478 e. The van der Waals surface area contributed by atoms with E-state index in [0.717, 1.165) is 10.4 Å². The highest BCUT2D eigenvalue weighted by Gasteiger charge is 2.16. The number of pyridine rings is 1. The molecule has 0 aliphatic rings. The molecule has 0 unspecified atom stereocenters. The fourth-order valence-corrected chi connectivity index (χ4v) is 3.42. The number of amides is 1. The van der Waals surface area contributed by atoms with Crippen LogP contribution in [-0.4, -0.2) is 36.9 Å². The molecule has 27 heavy (non-hydrogen) atoms. The van der Waals surface area contributed by atoms with Gasteiger partial charge in [-0.15, -0.1) is 11.3 Å². The molecule has 134 valence electrons. The van der Waals surface area contributed by atoms with Crippen LogP contribution in [0.25, 0.3) is 21.7 Å². The van der Waals surface area contributed by atoms with E-state index in [4.69, 9.17) is 0 Å². The molecule has 0 aromatic carbocycles. The van der Waals surface area contributed by atoms with Crippen molar-refractivity contribution in [3.63, 3.8) is 0 Å². The highest BCUT2D eigenvalue weighted by Crippen LogP contribution is 2.28. The SMILES string of the molecule is O=C(NCc1cccnc1)c1ccc(-c2cnc3[nH]cc(C(=O)O)c3n2)s1. The Morgan fingerprint density at radius 2 is 2.11 bits per heavy atom. The van der Waals surface area contributed by atoms with Crippen molar-refractivity contribution in [2.45, 2.75) is 6.54 Å². The second-order valence-corrected chi connectivity index (χ2v) is 6.75. The summed E-state index contributed by atoms with van der Waals surface area (Å²) in [6.45, 7) is 0.386. The number of aromatic carboxylic acids is 1. The first-order chi connectivity index (χ1) is 13.1. The smallest absolute Gasteiger partial charge is 0.339 e. The zero-order valence-electron chi connectivity index (χ0n) is 13.8. The molecule has 0 aliphatic heterocycles. The van der Waals surface area contributed by atoms with Crippen LogP contribution in [0.1, 0.15) is 25.6 Å². The Morgan fingerprint density at radius 3 is 2.89 bits per heavy atom. The molecule has 0 radical (unpaired) electrons. The number of nitrogens with zero attached hydrogens (tertiary/aromatic N) is 3. The van der Waals surface area contributed by atoms with E-state index < -0.39 is 5.97 Å². The number of carbonyl (C=O) groups excluding carboxylic acids is 1. The van der Waals surface area contributed by atoms with Crippen LogP contribution in [-0.2, 0) is 6.54 Å². The molecule has 0 spiro atoms. The number of carboxylic acids is 1. The Kier molecular flexibility index (Phi) is 4.35. The lowest BCUT2D eigenvalue weighted by Crippen LogP contribution is -2.21. The predicted molar refractivity (Wildman–Crippen MR) is 99.6 cm³/mol. The number of nitrogens with one attached hydrogen (secondary N) is 2. The van der Waals surface area contributed by atoms with Crippen molar-refractivity contribution in [1.29, 1.82) is 0 Å². The van der Waals surface area contributed by atoms with Gasteiger partial charge in [0.15, 0.2) is 5.65 Å². The average molecular weight is 379 g/mol. The topological polar surface area (TPSA) is 121 Å². The number of aromatic nitrogens is 4. The number of H-pyrrole nitrogens is 1. The molecule has 0 fully saturated rings. The molecule has 1 amide bonds. The number of carboxylic acid groups (broad SMARTS) is 1. The van der Waals surface area contributed by atoms with E-state index in [1.54, 1.807) is 30.7 Å². The quantitative estimate of drug-likeness (QED) is 0.490. The van der Waals surface area contributed by atoms with Crippen molar-refractivity contribution in [1.82, 2.24) is 25.3 Å². The van der Waals surface area contributed by atoms with Gasteiger partial charge in [0.1, 0.15) is 11.1 Å². The number of aromatic amines is 1. The van der Waals surface area contributed by atoms with Crippen LogP contribution < -0.4 is 5.32 Å². The van der Waals surface area contributed by atoms with Crippen molar-refractivity contribution < 1.29 is 14.7 Å². The molecule has 0 saturated carbocycles. The van der Waals surface area contributed by atoms with Gasteiger partial charge in [0.05, 0.1) is 21.6 Å². The third-order valence-electron chi connectivity index (χ3n) is 3.87. The van der Waals surface area contributed by atoms with Gasteiger partial charge < -0.3 is 15.4 Å². The normalized spacial score (nSPS) is 10.8. The summed E-state index contributed by atoms with van der Waals surface area (Å²) in [5.74, 6) is -1.27. The van der Waals surface area contributed by atoms with Crippen molar-refractivity contribution in [2.75, 3.05) is 0 Å². The minimum Gasteiger partial charge on any atom is -0.478 e. The van der Waals surface area contributed by atoms with Gasteiger partial charge in [-0.05, 0) is 23.8 Å². The first-order valence-electron chi connectivity index (χ1n) is 7.96. The van der Waals surface area contributed by atoms with Crippen LogP contribution >= 0.6 is 11.3 Å². The minimum atomic E-state index is -1.07. The Balaban J connectivity index is 1.55. The van der Waals surface area contributed by atoms with E-state index in [9.17, 15) is 14.7 Å². The van der Waals surface area contributed by atoms with Gasteiger partial charge in [0, 0.05) is 25.1 Å². The summed E-state index contributed by atoms with van der Waals surface area (Å²) in [6, 6.07) is 7.17. The molecule has 9 heteroatoms. The van der Waals surface area contributed by atoms with Gasteiger partial charge in [-0.1, -0.05) is 6.07 Å². The maximum absolute atomic E-state index is 12.3. The molecular formula is C18H13N5O3S. The second kappa shape index (κ2) is 6.96. The molecule has 3 N–H and O–H groups in total. The summed E-state index contributed by atoms with van der Waals surface area (Å²) in [5, 5.41) is 12.1. The lowest BCUT2D eigenvalue weighted by molar-refractivity contribution is 0.0698. The highest BCUT2D eigenvalue weighted by atomic mass is 32.1. The molecule has 0 saturated heterocycles. The average Bonchev–Trinajstić information content (AvgIpc) is 3.33. The standard InChI is InChI=1S/C18H13N5O3S/c24-17(22-7-10-2-1-5-19-6-10)14-4-3-13(27-14)12-9-21-16-15(23-12)11(8-20-16)18(25)26/h1-6,8-9H,7H2,(H,20,21)(H,22,24)(H,25,26). The summed E-state index contributed by atoms with van der Waals surface area (Å²) in [5.41, 5.74) is 2.18. The first-order valence-corrected chi connectivity index (χ1v) is 8.78. The molecule has 4 rings (SSSR count). The van der Waals surface area contributed by atoms with Crippen LogP contribution in [0.3, 0.4) is 0 Å². The van der Waals surface area contributed by atoms with E-state index in [1.165, 1.54) is 17.5 Å². The third-order valence-corrected chi connectivity index (χ3v) is 4.98. The lowest BCUT2D eigenvalue weighted by atomic mass is 10.3. The van der Waals surface area contributed by atoms with Gasteiger partial charge in [-0.2, -0.15) is 0 Å². The van der Waals surface area contributed by atoms with Crippen LogP contribution in [0.5, 0.6) is 0 Å². The van der Waals surface area contributed by atoms with Crippen LogP contribution in [0, 0.1) is 0 Å². The van der Waals surface area contributed by atoms with E-state index >= 15 is 0 Å². The van der Waals surface area contributed by atoms with Gasteiger partial charge in [-0.25, -0.2) is 14.8 Å². The summed E-state index contributed by atoms with van der Waals surface area (Å²) in [4.78, 5) is 40.3. The molecule has 8 nitrogen and oxygen atoms in total. The summed E-state index contributed by atoms with van der Waals surface area (Å²) in [6.07, 6.45) is 6.28. The third kappa shape index (κ3) is 3.40. The van der Waals surface area contributed by atoms with E-state index in [1.807, 2.05) is 12.1 Å². The molecule has 0 bridgehead atoms. The van der Waals surface area contributed by atoms with Gasteiger partial charge in [-0.3, -0.25) is 9.78 Å². The molecule has 4 heterocycles. The monoisotopic (exact) mass is 379 g/mol. The van der Waals surface area contributed by atoms with E-state index in [0.29, 0.717) is 22.8 Å². The highest BCUT2D eigenvalue weighted by molar-refractivity contribution is 7.17. The van der Waals surface area contributed by atoms with Gasteiger partial charge in [0.25, 0.3) is 5.91 Å². The van der Waals surface area contributed by atoms with Crippen LogP contribution in [0.4, 0.5) is 0 Å². The van der Waals surface area contributed by atoms with E-state index in [2.05, 4.69) is 25.3 Å². The Labute approximate surface area is 156 Å². The van der Waals surface area contributed by atoms with Gasteiger partial charge in [0.2, 0.25) is 0 Å². The van der Waals surface area contributed by atoms with E-state index in [-0.39, 0.29) is 17.0 Å². The van der Waals surface area contributed by atoms with Crippen LogP contribution in [0.2, 0.25) is 0 Å². The second-order valence-electron chi connectivity index (χ2n) is 5.67. The van der Waals surface area contributed by atoms with Crippen molar-refractivity contribution in [3.8, 4) is 10.6 Å². The summed E-state index contributed by atoms with van der Waals surface area (Å²) in [7, 11) is 0. The number of hydrogen-bond donors (Lipinski definition) is 3. The summed E-state index contributed by atoms with van der Waals surface area (Å²) < 4.78 is 0. The lowest BCUT2D eigenvalue weighted by Gasteiger charge is -2.03. The molecule has 0 aliphatic carbocycles. The zero-order valence-corrected chi connectivity index (χ0v) is 14.7. The van der Waals surface area contributed by atoms with Gasteiger partial charge >= 0.3 is 5.97 Å². The summed E-state index contributed by atoms with van der Waals surface area (Å²) >= 11 is 1.27. The Bertz CT molecular complexity index is 1140. The fraction of sp³-hybridized carbons (Fsp3) is 0.0556. The van der Waals surface area contributed by atoms with Crippen LogP contribution in [0.15, 0.2) is 49.1 Å². The number of fused-ring (bicyclic) bond motifs is 1. The Hall–Kier alpha value is -3.59. The number of thiophene rings is 1. The molecule has 4 aromatic heterocycles. The molecule has 4 aromatic rings. The zero-order chi connectivity index (χ0) is 18.8. The Morgan fingerprint density at radius 1 is 1.22 bits per heavy atom. The first kappa shape index (κ1) is 16.9.